The highest BCUT2D eigenvalue weighted by Crippen LogP contribution is 2.20. The number of nitrogens with zero attached hydrogens (tertiary/aromatic N) is 1. The predicted molar refractivity (Wildman–Crippen MR) is 53.3 cm³/mol. The van der Waals surface area contributed by atoms with Gasteiger partial charge in [-0.2, -0.15) is 0 Å². The fraction of sp³-hybridized carbons (Fsp3) is 1.00. The van der Waals surface area contributed by atoms with Crippen LogP contribution in [0.4, 0.5) is 0 Å². The molecule has 0 spiro atoms. The Morgan fingerprint density at radius 3 is 2.50 bits per heavy atom. The minimum absolute atomic E-state index is 0.291. The summed E-state index contributed by atoms with van der Waals surface area (Å²) >= 11 is 0. The first-order chi connectivity index (χ1) is 5.43. The van der Waals surface area contributed by atoms with Crippen LogP contribution < -0.4 is 5.32 Å². The molecule has 1 N–H and O–H groups in total. The van der Waals surface area contributed by atoms with Crippen LogP contribution in [0.15, 0.2) is 0 Å². The SMILES string of the molecule is CC1CNC(C)(C)C(C)CN1C. The molecule has 2 unspecified atom stereocenters. The third-order valence-corrected chi connectivity index (χ3v) is 3.40. The maximum Gasteiger partial charge on any atom is 0.0189 e. The highest BCUT2D eigenvalue weighted by atomic mass is 15.2. The zero-order valence-corrected chi connectivity index (χ0v) is 9.02. The van der Waals surface area contributed by atoms with E-state index in [4.69, 9.17) is 0 Å². The van der Waals surface area contributed by atoms with E-state index in [-0.39, 0.29) is 0 Å². The first kappa shape index (κ1) is 10.0. The summed E-state index contributed by atoms with van der Waals surface area (Å²) in [4.78, 5) is 2.44. The van der Waals surface area contributed by atoms with Gasteiger partial charge in [-0.25, -0.2) is 0 Å². The van der Waals surface area contributed by atoms with E-state index in [1.807, 2.05) is 0 Å². The molecule has 0 aliphatic carbocycles. The predicted octanol–water partition coefficient (Wildman–Crippen LogP) is 1.32. The van der Waals surface area contributed by atoms with Crippen molar-refractivity contribution in [3.63, 3.8) is 0 Å². The van der Waals surface area contributed by atoms with E-state index < -0.39 is 0 Å². The smallest absolute Gasteiger partial charge is 0.0189 e. The molecule has 0 aromatic rings. The summed E-state index contributed by atoms with van der Waals surface area (Å²) in [5.41, 5.74) is 0.291. The van der Waals surface area contributed by atoms with E-state index in [0.717, 1.165) is 6.54 Å². The number of hydrogen-bond donors (Lipinski definition) is 1. The lowest BCUT2D eigenvalue weighted by Gasteiger charge is -2.31. The van der Waals surface area contributed by atoms with Gasteiger partial charge in [0.2, 0.25) is 0 Å². The Bertz CT molecular complexity index is 154. The molecule has 72 valence electrons. The first-order valence-corrected chi connectivity index (χ1v) is 4.89. The molecule has 0 radical (unpaired) electrons. The Morgan fingerprint density at radius 2 is 1.92 bits per heavy atom. The van der Waals surface area contributed by atoms with Crippen molar-refractivity contribution in [1.82, 2.24) is 10.2 Å². The van der Waals surface area contributed by atoms with Gasteiger partial charge in [0.25, 0.3) is 0 Å². The molecule has 0 bridgehead atoms. The third kappa shape index (κ3) is 1.99. The standard InChI is InChI=1S/C10H22N2/c1-8-7-12(5)9(2)6-11-10(8,3)4/h8-9,11H,6-7H2,1-5H3. The van der Waals surface area contributed by atoms with Crippen molar-refractivity contribution in [1.29, 1.82) is 0 Å². The van der Waals surface area contributed by atoms with E-state index in [9.17, 15) is 0 Å². The summed E-state index contributed by atoms with van der Waals surface area (Å²) in [6.45, 7) is 11.5. The molecule has 1 aliphatic rings. The molecule has 2 atom stereocenters. The molecule has 1 fully saturated rings. The normalized spacial score (nSPS) is 37.8. The molecule has 2 nitrogen and oxygen atoms in total. The van der Waals surface area contributed by atoms with Gasteiger partial charge in [0.05, 0.1) is 0 Å². The second kappa shape index (κ2) is 3.35. The summed E-state index contributed by atoms with van der Waals surface area (Å²) in [5, 5.41) is 3.61. The van der Waals surface area contributed by atoms with Crippen LogP contribution in [0.5, 0.6) is 0 Å². The van der Waals surface area contributed by atoms with E-state index in [1.165, 1.54) is 6.54 Å². The highest BCUT2D eigenvalue weighted by molar-refractivity contribution is 4.90. The maximum atomic E-state index is 3.61. The molecule has 0 saturated carbocycles. The quantitative estimate of drug-likeness (QED) is 0.590. The van der Waals surface area contributed by atoms with Crippen molar-refractivity contribution in [2.75, 3.05) is 20.1 Å². The van der Waals surface area contributed by atoms with Crippen LogP contribution in [0.3, 0.4) is 0 Å². The zero-order chi connectivity index (χ0) is 9.35. The molecular weight excluding hydrogens is 148 g/mol. The van der Waals surface area contributed by atoms with Gasteiger partial charge in [-0.15, -0.1) is 0 Å². The van der Waals surface area contributed by atoms with E-state index in [2.05, 4.69) is 45.0 Å². The zero-order valence-electron chi connectivity index (χ0n) is 9.02. The van der Waals surface area contributed by atoms with E-state index in [1.54, 1.807) is 0 Å². The molecule has 0 amide bonds. The second-order valence-electron chi connectivity index (χ2n) is 4.79. The van der Waals surface area contributed by atoms with Crippen LogP contribution in [-0.4, -0.2) is 36.6 Å². The first-order valence-electron chi connectivity index (χ1n) is 4.89. The average Bonchev–Trinajstić information content (AvgIpc) is 2.05. The van der Waals surface area contributed by atoms with Gasteiger partial charge in [0.15, 0.2) is 0 Å². The average molecular weight is 170 g/mol. The van der Waals surface area contributed by atoms with Crippen LogP contribution in [0.2, 0.25) is 0 Å². The van der Waals surface area contributed by atoms with Gasteiger partial charge >= 0.3 is 0 Å². The van der Waals surface area contributed by atoms with Crippen LogP contribution in [0.25, 0.3) is 0 Å². The summed E-state index contributed by atoms with van der Waals surface area (Å²) < 4.78 is 0. The lowest BCUT2D eigenvalue weighted by atomic mass is 9.89. The minimum Gasteiger partial charge on any atom is -0.310 e. The van der Waals surface area contributed by atoms with E-state index >= 15 is 0 Å². The Kier molecular flexibility index (Phi) is 2.79. The number of rotatable bonds is 0. The van der Waals surface area contributed by atoms with Gasteiger partial charge in [0.1, 0.15) is 0 Å². The molecule has 1 rings (SSSR count). The summed E-state index contributed by atoms with van der Waals surface area (Å²) in [7, 11) is 2.21. The maximum absolute atomic E-state index is 3.61. The topological polar surface area (TPSA) is 15.3 Å². The highest BCUT2D eigenvalue weighted by Gasteiger charge is 2.30. The van der Waals surface area contributed by atoms with Gasteiger partial charge in [0, 0.05) is 24.7 Å². The van der Waals surface area contributed by atoms with Crippen LogP contribution in [-0.2, 0) is 0 Å². The lowest BCUT2D eigenvalue weighted by Crippen LogP contribution is -2.45. The van der Waals surface area contributed by atoms with E-state index in [0.29, 0.717) is 17.5 Å². The van der Waals surface area contributed by atoms with Crippen molar-refractivity contribution in [2.24, 2.45) is 5.92 Å². The molecule has 0 aromatic carbocycles. The Labute approximate surface area is 76.3 Å². The summed E-state index contributed by atoms with van der Waals surface area (Å²) in [5.74, 6) is 0.715. The Morgan fingerprint density at radius 1 is 1.33 bits per heavy atom. The monoisotopic (exact) mass is 170 g/mol. The number of hydrogen-bond acceptors (Lipinski definition) is 2. The fourth-order valence-corrected chi connectivity index (χ4v) is 1.58. The minimum atomic E-state index is 0.291. The Hall–Kier alpha value is -0.0800. The van der Waals surface area contributed by atoms with Crippen LogP contribution >= 0.6 is 0 Å². The van der Waals surface area contributed by atoms with Gasteiger partial charge in [-0.05, 0) is 33.7 Å². The molecule has 1 saturated heterocycles. The van der Waals surface area contributed by atoms with Gasteiger partial charge in [-0.3, -0.25) is 0 Å². The van der Waals surface area contributed by atoms with Crippen molar-refractivity contribution in [3.8, 4) is 0 Å². The van der Waals surface area contributed by atoms with Gasteiger partial charge < -0.3 is 10.2 Å². The second-order valence-corrected chi connectivity index (χ2v) is 4.79. The molecule has 0 aromatic heterocycles. The Balaban J connectivity index is 2.66. The van der Waals surface area contributed by atoms with Crippen molar-refractivity contribution >= 4 is 0 Å². The molecular formula is C10H22N2. The summed E-state index contributed by atoms with van der Waals surface area (Å²) in [6.07, 6.45) is 0. The van der Waals surface area contributed by atoms with Crippen molar-refractivity contribution in [2.45, 2.75) is 39.3 Å². The number of likely N-dealkylation sites (N-methyl/N-ethyl adjacent to an activating group) is 1. The van der Waals surface area contributed by atoms with Crippen LogP contribution in [0.1, 0.15) is 27.7 Å². The van der Waals surface area contributed by atoms with Crippen LogP contribution in [0, 0.1) is 5.92 Å². The van der Waals surface area contributed by atoms with Crippen molar-refractivity contribution < 1.29 is 0 Å². The van der Waals surface area contributed by atoms with Crippen molar-refractivity contribution in [3.05, 3.63) is 0 Å². The molecule has 1 aliphatic heterocycles. The fourth-order valence-electron chi connectivity index (χ4n) is 1.58. The number of nitrogens with one attached hydrogen (secondary N) is 1. The third-order valence-electron chi connectivity index (χ3n) is 3.40. The molecule has 1 heterocycles. The lowest BCUT2D eigenvalue weighted by molar-refractivity contribution is 0.226. The molecule has 12 heavy (non-hydrogen) atoms. The summed E-state index contributed by atoms with van der Waals surface area (Å²) in [6, 6.07) is 0.661. The van der Waals surface area contributed by atoms with Gasteiger partial charge in [-0.1, -0.05) is 6.92 Å². The molecule has 2 heteroatoms. The largest absolute Gasteiger partial charge is 0.310 e.